The first-order valence-electron chi connectivity index (χ1n) is 5.63. The Kier molecular flexibility index (Phi) is 4.64. The number of urea groups is 1. The van der Waals surface area contributed by atoms with Crippen LogP contribution in [0.25, 0.3) is 0 Å². The van der Waals surface area contributed by atoms with Crippen molar-refractivity contribution in [3.05, 3.63) is 12.2 Å². The molecular formula is C10H18N6O2. The zero-order valence-corrected chi connectivity index (χ0v) is 10.6. The summed E-state index contributed by atoms with van der Waals surface area (Å²) in [6.45, 7) is 5.40. The second-order valence-corrected chi connectivity index (χ2v) is 4.33. The number of nitrogens with one attached hydrogen (secondary N) is 3. The summed E-state index contributed by atoms with van der Waals surface area (Å²) < 4.78 is 0. The van der Waals surface area contributed by atoms with Gasteiger partial charge in [-0.1, -0.05) is 13.8 Å². The van der Waals surface area contributed by atoms with Gasteiger partial charge < -0.3 is 16.4 Å². The fraction of sp³-hybridized carbons (Fsp3) is 0.600. The van der Waals surface area contributed by atoms with E-state index in [0.717, 1.165) is 0 Å². The van der Waals surface area contributed by atoms with E-state index in [-0.39, 0.29) is 17.9 Å². The molecule has 8 nitrogen and oxygen atoms in total. The summed E-state index contributed by atoms with van der Waals surface area (Å²) in [6, 6.07) is -1.72. The van der Waals surface area contributed by atoms with Crippen molar-refractivity contribution in [3.8, 4) is 0 Å². The van der Waals surface area contributed by atoms with E-state index >= 15 is 0 Å². The molecule has 8 heteroatoms. The molecule has 100 valence electrons. The monoisotopic (exact) mass is 254 g/mol. The molecule has 0 spiro atoms. The van der Waals surface area contributed by atoms with Gasteiger partial charge in [0.05, 0.1) is 6.04 Å². The lowest BCUT2D eigenvalue weighted by Crippen LogP contribution is -2.51. The lowest BCUT2D eigenvalue weighted by atomic mass is 10.0. The Morgan fingerprint density at radius 1 is 1.33 bits per heavy atom. The summed E-state index contributed by atoms with van der Waals surface area (Å²) in [6.07, 6.45) is 1.36. The highest BCUT2D eigenvalue weighted by molar-refractivity contribution is 5.86. The van der Waals surface area contributed by atoms with Gasteiger partial charge in [0, 0.05) is 0 Å². The number of hydrogen-bond donors (Lipinski definition) is 4. The Morgan fingerprint density at radius 2 is 2.00 bits per heavy atom. The van der Waals surface area contributed by atoms with Gasteiger partial charge in [-0.05, 0) is 12.8 Å². The van der Waals surface area contributed by atoms with E-state index in [1.165, 1.54) is 6.33 Å². The molecular weight excluding hydrogens is 236 g/mol. The van der Waals surface area contributed by atoms with Crippen LogP contribution in [0.1, 0.15) is 32.6 Å². The van der Waals surface area contributed by atoms with Crippen LogP contribution in [-0.4, -0.2) is 33.2 Å². The van der Waals surface area contributed by atoms with E-state index in [2.05, 4.69) is 25.8 Å². The molecule has 0 saturated heterocycles. The molecule has 1 aromatic rings. The lowest BCUT2D eigenvalue weighted by Gasteiger charge is -2.22. The summed E-state index contributed by atoms with van der Waals surface area (Å²) >= 11 is 0. The van der Waals surface area contributed by atoms with Crippen molar-refractivity contribution in [3.63, 3.8) is 0 Å². The van der Waals surface area contributed by atoms with Crippen molar-refractivity contribution >= 4 is 11.9 Å². The minimum Gasteiger partial charge on any atom is -0.352 e. The first-order valence-corrected chi connectivity index (χ1v) is 5.63. The minimum absolute atomic E-state index is 0.0700. The van der Waals surface area contributed by atoms with Crippen molar-refractivity contribution in [1.82, 2.24) is 25.8 Å². The van der Waals surface area contributed by atoms with Crippen molar-refractivity contribution in [1.29, 1.82) is 0 Å². The maximum Gasteiger partial charge on any atom is 0.312 e. The maximum atomic E-state index is 12.0. The number of aromatic nitrogens is 3. The number of amides is 3. The van der Waals surface area contributed by atoms with Gasteiger partial charge in [-0.15, -0.1) is 0 Å². The smallest absolute Gasteiger partial charge is 0.312 e. The van der Waals surface area contributed by atoms with E-state index in [1.807, 2.05) is 13.8 Å². The van der Waals surface area contributed by atoms with Gasteiger partial charge in [-0.2, -0.15) is 5.10 Å². The van der Waals surface area contributed by atoms with Crippen LogP contribution in [0.5, 0.6) is 0 Å². The minimum atomic E-state index is -0.726. The number of H-pyrrole nitrogens is 1. The van der Waals surface area contributed by atoms with Gasteiger partial charge in [0.15, 0.2) is 0 Å². The van der Waals surface area contributed by atoms with Crippen LogP contribution in [-0.2, 0) is 4.79 Å². The van der Waals surface area contributed by atoms with Crippen LogP contribution in [0.15, 0.2) is 6.33 Å². The van der Waals surface area contributed by atoms with Crippen LogP contribution in [0.4, 0.5) is 4.79 Å². The van der Waals surface area contributed by atoms with Gasteiger partial charge in [0.2, 0.25) is 5.91 Å². The Morgan fingerprint density at radius 3 is 2.44 bits per heavy atom. The number of carbonyl (C=O) groups excluding carboxylic acids is 2. The van der Waals surface area contributed by atoms with Crippen molar-refractivity contribution in [2.45, 2.75) is 32.9 Å². The topological polar surface area (TPSA) is 126 Å². The van der Waals surface area contributed by atoms with E-state index in [1.54, 1.807) is 6.92 Å². The molecule has 0 aliphatic heterocycles. The second-order valence-electron chi connectivity index (χ2n) is 4.33. The molecule has 3 amide bonds. The number of rotatable bonds is 5. The molecule has 1 heterocycles. The van der Waals surface area contributed by atoms with Crippen molar-refractivity contribution in [2.75, 3.05) is 0 Å². The van der Waals surface area contributed by atoms with Gasteiger partial charge >= 0.3 is 6.03 Å². The van der Waals surface area contributed by atoms with Crippen molar-refractivity contribution < 1.29 is 9.59 Å². The molecule has 0 aromatic carbocycles. The van der Waals surface area contributed by atoms with Gasteiger partial charge in [-0.3, -0.25) is 9.89 Å². The highest BCUT2D eigenvalue weighted by atomic mass is 16.2. The molecule has 5 N–H and O–H groups in total. The van der Waals surface area contributed by atoms with Crippen LogP contribution in [0, 0.1) is 5.92 Å². The predicted octanol–water partition coefficient (Wildman–Crippen LogP) is -0.325. The number of carbonyl (C=O) groups is 2. The molecule has 1 aromatic heterocycles. The Hall–Kier alpha value is -2.12. The third kappa shape index (κ3) is 3.72. The standard InChI is InChI=1S/C10H18N6O2/c1-5(2)7(15-10(11)18)9(17)14-6(3)8-12-4-13-16-8/h4-7H,1-3H3,(H,14,17)(H3,11,15,18)(H,12,13,16). The molecule has 18 heavy (non-hydrogen) atoms. The van der Waals surface area contributed by atoms with E-state index in [0.29, 0.717) is 5.82 Å². The summed E-state index contributed by atoms with van der Waals surface area (Å²) in [7, 11) is 0. The third-order valence-corrected chi connectivity index (χ3v) is 2.45. The molecule has 0 bridgehead atoms. The molecule has 0 aliphatic carbocycles. The summed E-state index contributed by atoms with van der Waals surface area (Å²) in [5, 5.41) is 11.5. The quantitative estimate of drug-likeness (QED) is 0.574. The zero-order chi connectivity index (χ0) is 13.7. The largest absolute Gasteiger partial charge is 0.352 e. The summed E-state index contributed by atoms with van der Waals surface area (Å²) in [5.74, 6) is 0.164. The molecule has 1 rings (SSSR count). The van der Waals surface area contributed by atoms with Crippen LogP contribution in [0.2, 0.25) is 0 Å². The van der Waals surface area contributed by atoms with Crippen molar-refractivity contribution in [2.24, 2.45) is 11.7 Å². The summed E-state index contributed by atoms with van der Waals surface area (Å²) in [5.41, 5.74) is 5.04. The lowest BCUT2D eigenvalue weighted by molar-refractivity contribution is -0.124. The van der Waals surface area contributed by atoms with E-state index < -0.39 is 12.1 Å². The second kappa shape index (κ2) is 5.99. The molecule has 0 fully saturated rings. The van der Waals surface area contributed by atoms with Crippen LogP contribution >= 0.6 is 0 Å². The van der Waals surface area contributed by atoms with E-state index in [4.69, 9.17) is 5.73 Å². The Balaban J connectivity index is 2.64. The summed E-state index contributed by atoms with van der Waals surface area (Å²) in [4.78, 5) is 26.8. The average Bonchev–Trinajstić information content (AvgIpc) is 2.78. The third-order valence-electron chi connectivity index (χ3n) is 2.45. The number of hydrogen-bond acceptors (Lipinski definition) is 4. The predicted molar refractivity (Wildman–Crippen MR) is 64.3 cm³/mol. The normalized spacial score (nSPS) is 14.0. The average molecular weight is 254 g/mol. The number of aromatic amines is 1. The maximum absolute atomic E-state index is 12.0. The van der Waals surface area contributed by atoms with Gasteiger partial charge in [-0.25, -0.2) is 9.78 Å². The Bertz CT molecular complexity index is 403. The van der Waals surface area contributed by atoms with Gasteiger partial charge in [0.25, 0.3) is 0 Å². The Labute approximate surface area is 105 Å². The number of nitrogens with two attached hydrogens (primary N) is 1. The molecule has 0 aliphatic rings. The van der Waals surface area contributed by atoms with Gasteiger partial charge in [0.1, 0.15) is 18.2 Å². The SMILES string of the molecule is CC(NC(=O)C(NC(N)=O)C(C)C)c1ncn[nH]1. The number of nitrogens with zero attached hydrogens (tertiary/aromatic N) is 2. The number of primary amides is 1. The first-order chi connectivity index (χ1) is 8.41. The van der Waals surface area contributed by atoms with Crippen LogP contribution < -0.4 is 16.4 Å². The van der Waals surface area contributed by atoms with E-state index in [9.17, 15) is 9.59 Å². The highest BCUT2D eigenvalue weighted by Gasteiger charge is 2.25. The molecule has 2 atom stereocenters. The highest BCUT2D eigenvalue weighted by Crippen LogP contribution is 2.07. The first kappa shape index (κ1) is 13.9. The molecule has 0 saturated carbocycles. The fourth-order valence-electron chi connectivity index (χ4n) is 1.48. The fourth-order valence-corrected chi connectivity index (χ4v) is 1.48. The zero-order valence-electron chi connectivity index (χ0n) is 10.6. The molecule has 0 radical (unpaired) electrons. The molecule has 2 unspecified atom stereocenters. The van der Waals surface area contributed by atoms with Crippen LogP contribution in [0.3, 0.4) is 0 Å².